The Morgan fingerprint density at radius 2 is 2.44 bits per heavy atom. The van der Waals surface area contributed by atoms with E-state index in [1.165, 1.54) is 0 Å². The molecule has 0 saturated carbocycles. The fourth-order valence-corrected chi connectivity index (χ4v) is 1.65. The number of aromatic nitrogens is 4. The SMILES string of the molecule is CCCNC(c1ccn(C)n1)c1ncc[nH]1. The molecule has 0 aliphatic carbocycles. The lowest BCUT2D eigenvalue weighted by Crippen LogP contribution is -2.24. The maximum absolute atomic E-state index is 4.41. The largest absolute Gasteiger partial charge is 0.347 e. The number of nitrogens with one attached hydrogen (secondary N) is 2. The fourth-order valence-electron chi connectivity index (χ4n) is 1.65. The first-order valence-corrected chi connectivity index (χ1v) is 5.53. The zero-order valence-corrected chi connectivity index (χ0v) is 9.64. The molecule has 2 aromatic rings. The summed E-state index contributed by atoms with van der Waals surface area (Å²) in [4.78, 5) is 7.42. The summed E-state index contributed by atoms with van der Waals surface area (Å²) < 4.78 is 1.80. The minimum absolute atomic E-state index is 0.0520. The van der Waals surface area contributed by atoms with Crippen molar-refractivity contribution in [2.24, 2.45) is 7.05 Å². The van der Waals surface area contributed by atoms with Crippen LogP contribution in [0.4, 0.5) is 0 Å². The molecule has 16 heavy (non-hydrogen) atoms. The van der Waals surface area contributed by atoms with Crippen LogP contribution in [-0.2, 0) is 7.05 Å². The van der Waals surface area contributed by atoms with E-state index in [4.69, 9.17) is 0 Å². The minimum atomic E-state index is 0.0520. The van der Waals surface area contributed by atoms with Crippen LogP contribution in [0.5, 0.6) is 0 Å². The summed E-state index contributed by atoms with van der Waals surface area (Å²) in [6.45, 7) is 3.09. The van der Waals surface area contributed by atoms with Crippen molar-refractivity contribution in [3.05, 3.63) is 36.2 Å². The van der Waals surface area contributed by atoms with Crippen molar-refractivity contribution in [2.75, 3.05) is 6.54 Å². The van der Waals surface area contributed by atoms with Gasteiger partial charge in [-0.25, -0.2) is 4.98 Å². The molecule has 0 aromatic carbocycles. The zero-order valence-electron chi connectivity index (χ0n) is 9.64. The standard InChI is InChI=1S/C11H17N5/c1-3-5-12-10(11-13-6-7-14-11)9-4-8-16(2)15-9/h4,6-8,10,12H,3,5H2,1-2H3,(H,13,14). The lowest BCUT2D eigenvalue weighted by molar-refractivity contribution is 0.555. The van der Waals surface area contributed by atoms with Crippen molar-refractivity contribution >= 4 is 0 Å². The van der Waals surface area contributed by atoms with Crippen LogP contribution in [0.2, 0.25) is 0 Å². The number of hydrogen-bond acceptors (Lipinski definition) is 3. The Labute approximate surface area is 94.9 Å². The summed E-state index contributed by atoms with van der Waals surface area (Å²) in [7, 11) is 1.92. The molecule has 1 unspecified atom stereocenters. The number of aromatic amines is 1. The molecule has 0 fully saturated rings. The van der Waals surface area contributed by atoms with Crippen molar-refractivity contribution in [1.29, 1.82) is 0 Å². The molecular weight excluding hydrogens is 202 g/mol. The van der Waals surface area contributed by atoms with Gasteiger partial charge < -0.3 is 10.3 Å². The zero-order chi connectivity index (χ0) is 11.4. The van der Waals surface area contributed by atoms with Crippen molar-refractivity contribution in [1.82, 2.24) is 25.1 Å². The molecule has 0 saturated heterocycles. The summed E-state index contributed by atoms with van der Waals surface area (Å²) in [6.07, 6.45) is 6.63. The molecule has 2 rings (SSSR count). The number of nitrogens with zero attached hydrogens (tertiary/aromatic N) is 3. The third-order valence-corrected chi connectivity index (χ3v) is 2.42. The van der Waals surface area contributed by atoms with E-state index in [1.54, 1.807) is 10.9 Å². The lowest BCUT2D eigenvalue weighted by atomic mass is 10.2. The van der Waals surface area contributed by atoms with Crippen LogP contribution >= 0.6 is 0 Å². The van der Waals surface area contributed by atoms with Gasteiger partial charge >= 0.3 is 0 Å². The third kappa shape index (κ3) is 2.30. The average molecular weight is 219 g/mol. The first kappa shape index (κ1) is 10.9. The first-order chi connectivity index (χ1) is 7.81. The summed E-state index contributed by atoms with van der Waals surface area (Å²) in [5, 5.41) is 7.85. The Morgan fingerprint density at radius 3 is 3.00 bits per heavy atom. The highest BCUT2D eigenvalue weighted by atomic mass is 15.3. The smallest absolute Gasteiger partial charge is 0.129 e. The molecule has 0 aliphatic rings. The van der Waals surface area contributed by atoms with Crippen molar-refractivity contribution in [2.45, 2.75) is 19.4 Å². The summed E-state index contributed by atoms with van der Waals surface area (Å²) >= 11 is 0. The molecule has 0 aliphatic heterocycles. The fraction of sp³-hybridized carbons (Fsp3) is 0.455. The molecule has 5 heteroatoms. The topological polar surface area (TPSA) is 58.5 Å². The van der Waals surface area contributed by atoms with Gasteiger partial charge in [0, 0.05) is 25.6 Å². The molecule has 2 N–H and O–H groups in total. The Balaban J connectivity index is 2.21. The highest BCUT2D eigenvalue weighted by Crippen LogP contribution is 2.16. The summed E-state index contributed by atoms with van der Waals surface area (Å²) in [6, 6.07) is 2.06. The maximum atomic E-state index is 4.41. The molecule has 2 heterocycles. The van der Waals surface area contributed by atoms with Gasteiger partial charge in [-0.05, 0) is 19.0 Å². The van der Waals surface area contributed by atoms with Gasteiger partial charge in [0.25, 0.3) is 0 Å². The third-order valence-electron chi connectivity index (χ3n) is 2.42. The van der Waals surface area contributed by atoms with Gasteiger partial charge in [-0.1, -0.05) is 6.92 Å². The Kier molecular flexibility index (Phi) is 3.36. The van der Waals surface area contributed by atoms with E-state index in [1.807, 2.05) is 25.5 Å². The van der Waals surface area contributed by atoms with Gasteiger partial charge in [-0.3, -0.25) is 4.68 Å². The summed E-state index contributed by atoms with van der Waals surface area (Å²) in [5.41, 5.74) is 0.992. The monoisotopic (exact) mass is 219 g/mol. The average Bonchev–Trinajstić information content (AvgIpc) is 2.91. The molecule has 0 amide bonds. The van der Waals surface area contributed by atoms with Crippen LogP contribution < -0.4 is 5.32 Å². The van der Waals surface area contributed by atoms with E-state index in [9.17, 15) is 0 Å². The Bertz CT molecular complexity index is 417. The van der Waals surface area contributed by atoms with Gasteiger partial charge in [-0.2, -0.15) is 5.10 Å². The quantitative estimate of drug-likeness (QED) is 0.795. The highest BCUT2D eigenvalue weighted by Gasteiger charge is 2.17. The molecule has 1 atom stereocenters. The van der Waals surface area contributed by atoms with E-state index < -0.39 is 0 Å². The van der Waals surface area contributed by atoms with Crippen LogP contribution in [0.15, 0.2) is 24.7 Å². The van der Waals surface area contributed by atoms with Crippen LogP contribution in [0, 0.1) is 0 Å². The van der Waals surface area contributed by atoms with Gasteiger partial charge in [0.1, 0.15) is 11.9 Å². The van der Waals surface area contributed by atoms with Crippen molar-refractivity contribution in [3.8, 4) is 0 Å². The Hall–Kier alpha value is -1.62. The molecule has 0 bridgehead atoms. The molecule has 0 spiro atoms. The van der Waals surface area contributed by atoms with Crippen LogP contribution in [0.25, 0.3) is 0 Å². The van der Waals surface area contributed by atoms with Crippen LogP contribution in [0.1, 0.15) is 30.9 Å². The van der Waals surface area contributed by atoms with E-state index >= 15 is 0 Å². The van der Waals surface area contributed by atoms with Crippen molar-refractivity contribution in [3.63, 3.8) is 0 Å². The van der Waals surface area contributed by atoms with Gasteiger partial charge in [-0.15, -0.1) is 0 Å². The maximum Gasteiger partial charge on any atom is 0.129 e. The van der Waals surface area contributed by atoms with E-state index in [0.717, 1.165) is 24.5 Å². The van der Waals surface area contributed by atoms with Gasteiger partial charge in [0.15, 0.2) is 0 Å². The normalized spacial score (nSPS) is 12.9. The van der Waals surface area contributed by atoms with E-state index in [-0.39, 0.29) is 6.04 Å². The number of rotatable bonds is 5. The van der Waals surface area contributed by atoms with Gasteiger partial charge in [0.05, 0.1) is 5.69 Å². The first-order valence-electron chi connectivity index (χ1n) is 5.53. The second-order valence-electron chi connectivity index (χ2n) is 3.78. The number of imidazole rings is 1. The molecule has 5 nitrogen and oxygen atoms in total. The van der Waals surface area contributed by atoms with Crippen LogP contribution in [-0.4, -0.2) is 26.3 Å². The summed E-state index contributed by atoms with van der Waals surface area (Å²) in [5.74, 6) is 0.909. The molecule has 2 aromatic heterocycles. The van der Waals surface area contributed by atoms with E-state index in [0.29, 0.717) is 0 Å². The predicted molar refractivity (Wildman–Crippen MR) is 61.9 cm³/mol. The van der Waals surface area contributed by atoms with E-state index in [2.05, 4.69) is 27.3 Å². The van der Waals surface area contributed by atoms with Crippen LogP contribution in [0.3, 0.4) is 0 Å². The second-order valence-corrected chi connectivity index (χ2v) is 3.78. The van der Waals surface area contributed by atoms with Gasteiger partial charge in [0.2, 0.25) is 0 Å². The Morgan fingerprint density at radius 1 is 1.56 bits per heavy atom. The number of aryl methyl sites for hydroxylation is 1. The molecule has 86 valence electrons. The molecule has 0 radical (unpaired) electrons. The highest BCUT2D eigenvalue weighted by molar-refractivity contribution is 5.15. The lowest BCUT2D eigenvalue weighted by Gasteiger charge is -2.13. The minimum Gasteiger partial charge on any atom is -0.347 e. The predicted octanol–water partition coefficient (Wildman–Crippen LogP) is 1.23. The second kappa shape index (κ2) is 4.94. The van der Waals surface area contributed by atoms with Crippen molar-refractivity contribution < 1.29 is 0 Å². The molecular formula is C11H17N5. The number of hydrogen-bond donors (Lipinski definition) is 2. The number of H-pyrrole nitrogens is 1.